The molecule has 2 aromatic rings. The lowest BCUT2D eigenvalue weighted by molar-refractivity contribution is -0.138. The fourth-order valence-electron chi connectivity index (χ4n) is 2.92. The molecule has 29 heavy (non-hydrogen) atoms. The summed E-state index contributed by atoms with van der Waals surface area (Å²) in [5, 5.41) is 10.4. The first-order chi connectivity index (χ1) is 13.7. The van der Waals surface area contributed by atoms with Gasteiger partial charge in [-0.3, -0.25) is 9.67 Å². The minimum absolute atomic E-state index is 0.0680. The molecule has 6 nitrogen and oxygen atoms in total. The molecule has 0 unspecified atom stereocenters. The Morgan fingerprint density at radius 2 is 1.90 bits per heavy atom. The van der Waals surface area contributed by atoms with E-state index < -0.39 is 17.6 Å². The third kappa shape index (κ3) is 5.93. The molecule has 1 aromatic carbocycles. The van der Waals surface area contributed by atoms with Crippen molar-refractivity contribution in [2.24, 2.45) is 4.99 Å². The number of guanidine groups is 1. The number of aryl methyl sites for hydroxylation is 1. The van der Waals surface area contributed by atoms with Crippen molar-refractivity contribution < 1.29 is 22.3 Å². The van der Waals surface area contributed by atoms with Crippen LogP contribution in [0.5, 0.6) is 0 Å². The number of alkyl halides is 3. The highest BCUT2D eigenvalue weighted by atomic mass is 19.4. The molecular formula is C19H25F4N5O. The normalized spacial score (nSPS) is 12.3. The average Bonchev–Trinajstić information content (AvgIpc) is 2.93. The van der Waals surface area contributed by atoms with Gasteiger partial charge in [0.25, 0.3) is 0 Å². The fraction of sp³-hybridized carbons (Fsp3) is 0.474. The molecule has 0 aliphatic heterocycles. The van der Waals surface area contributed by atoms with E-state index >= 15 is 0 Å². The molecule has 160 valence electrons. The van der Waals surface area contributed by atoms with Crippen molar-refractivity contribution in [3.05, 3.63) is 52.1 Å². The summed E-state index contributed by atoms with van der Waals surface area (Å²) in [6.45, 7) is 5.24. The molecule has 0 saturated heterocycles. The molecule has 0 bridgehead atoms. The molecule has 0 amide bonds. The lowest BCUT2D eigenvalue weighted by Crippen LogP contribution is -2.37. The van der Waals surface area contributed by atoms with E-state index in [1.165, 1.54) is 7.05 Å². The van der Waals surface area contributed by atoms with Crippen LogP contribution < -0.4 is 10.6 Å². The number of hydrogen-bond donors (Lipinski definition) is 2. The van der Waals surface area contributed by atoms with E-state index in [1.807, 2.05) is 18.5 Å². The smallest absolute Gasteiger partial charge is 0.383 e. The van der Waals surface area contributed by atoms with Crippen molar-refractivity contribution in [1.29, 1.82) is 0 Å². The fourth-order valence-corrected chi connectivity index (χ4v) is 2.92. The molecule has 10 heteroatoms. The van der Waals surface area contributed by atoms with Crippen molar-refractivity contribution in [1.82, 2.24) is 20.4 Å². The van der Waals surface area contributed by atoms with Crippen LogP contribution in [0.25, 0.3) is 0 Å². The Kier molecular flexibility index (Phi) is 7.60. The monoisotopic (exact) mass is 415 g/mol. The standard InChI is InChI=1S/C19H25F4N5O/c1-12-16(13(2)28(27-12)7-8-29-4)11-26-18(24-3)25-10-14-5-6-15(20)9-17(14)19(21,22)23/h5-6,9H,7-8,10-11H2,1-4H3,(H2,24,25,26). The van der Waals surface area contributed by atoms with Crippen molar-refractivity contribution in [3.63, 3.8) is 0 Å². The van der Waals surface area contributed by atoms with Gasteiger partial charge in [-0.2, -0.15) is 18.3 Å². The number of aromatic nitrogens is 2. The van der Waals surface area contributed by atoms with Crippen LogP contribution in [0.15, 0.2) is 23.2 Å². The van der Waals surface area contributed by atoms with Crippen LogP contribution in [0, 0.1) is 19.7 Å². The number of halogens is 4. The first-order valence-electron chi connectivity index (χ1n) is 8.99. The van der Waals surface area contributed by atoms with E-state index in [9.17, 15) is 17.6 Å². The molecule has 0 aliphatic rings. The van der Waals surface area contributed by atoms with E-state index in [-0.39, 0.29) is 12.1 Å². The number of benzene rings is 1. The SMILES string of the molecule is CN=C(NCc1ccc(F)cc1C(F)(F)F)NCc1c(C)nn(CCOC)c1C. The molecule has 2 N–H and O–H groups in total. The summed E-state index contributed by atoms with van der Waals surface area (Å²) in [5.41, 5.74) is 1.72. The summed E-state index contributed by atoms with van der Waals surface area (Å²) in [6, 6.07) is 2.62. The maximum Gasteiger partial charge on any atom is 0.416 e. The van der Waals surface area contributed by atoms with Gasteiger partial charge in [0.05, 0.1) is 24.4 Å². The third-order valence-electron chi connectivity index (χ3n) is 4.52. The van der Waals surface area contributed by atoms with Crippen molar-refractivity contribution in [2.75, 3.05) is 20.8 Å². The molecule has 1 aromatic heterocycles. The Morgan fingerprint density at radius 1 is 1.21 bits per heavy atom. The predicted molar refractivity (Wildman–Crippen MR) is 102 cm³/mol. The van der Waals surface area contributed by atoms with Crippen molar-refractivity contribution >= 4 is 5.96 Å². The summed E-state index contributed by atoms with van der Waals surface area (Å²) >= 11 is 0. The van der Waals surface area contributed by atoms with Gasteiger partial charge in [-0.05, 0) is 31.5 Å². The number of nitrogens with one attached hydrogen (secondary N) is 2. The molecule has 2 rings (SSSR count). The van der Waals surface area contributed by atoms with Crippen LogP contribution in [-0.2, 0) is 30.5 Å². The zero-order chi connectivity index (χ0) is 21.6. The van der Waals surface area contributed by atoms with E-state index in [4.69, 9.17) is 4.74 Å². The Morgan fingerprint density at radius 3 is 2.52 bits per heavy atom. The molecule has 0 spiro atoms. The van der Waals surface area contributed by atoms with Gasteiger partial charge in [0.15, 0.2) is 5.96 Å². The van der Waals surface area contributed by atoms with Crippen LogP contribution in [-0.4, -0.2) is 36.5 Å². The second kappa shape index (κ2) is 9.73. The highest BCUT2D eigenvalue weighted by Crippen LogP contribution is 2.32. The van der Waals surface area contributed by atoms with E-state index in [1.54, 1.807) is 7.11 Å². The third-order valence-corrected chi connectivity index (χ3v) is 4.52. The van der Waals surface area contributed by atoms with Crippen LogP contribution in [0.3, 0.4) is 0 Å². The topological polar surface area (TPSA) is 63.5 Å². The molecular weight excluding hydrogens is 390 g/mol. The van der Waals surface area contributed by atoms with E-state index in [2.05, 4.69) is 20.7 Å². The zero-order valence-electron chi connectivity index (χ0n) is 16.8. The number of rotatable bonds is 7. The Bertz CT molecular complexity index is 861. The largest absolute Gasteiger partial charge is 0.416 e. The van der Waals surface area contributed by atoms with Gasteiger partial charge in [0.1, 0.15) is 5.82 Å². The van der Waals surface area contributed by atoms with Gasteiger partial charge < -0.3 is 15.4 Å². The first-order valence-corrected chi connectivity index (χ1v) is 8.99. The Balaban J connectivity index is 2.04. The average molecular weight is 415 g/mol. The van der Waals surface area contributed by atoms with Crippen LogP contribution in [0.2, 0.25) is 0 Å². The van der Waals surface area contributed by atoms with Gasteiger partial charge >= 0.3 is 6.18 Å². The second-order valence-corrected chi connectivity index (χ2v) is 6.44. The van der Waals surface area contributed by atoms with Gasteiger partial charge in [-0.15, -0.1) is 0 Å². The summed E-state index contributed by atoms with van der Waals surface area (Å²) in [7, 11) is 3.14. The predicted octanol–water partition coefficient (Wildman–Crippen LogP) is 3.17. The summed E-state index contributed by atoms with van der Waals surface area (Å²) < 4.78 is 59.5. The zero-order valence-corrected chi connectivity index (χ0v) is 16.8. The molecule has 0 fully saturated rings. The number of methoxy groups -OCH3 is 1. The second-order valence-electron chi connectivity index (χ2n) is 6.44. The minimum atomic E-state index is -4.64. The first kappa shape index (κ1) is 22.7. The number of ether oxygens (including phenoxy) is 1. The molecule has 0 atom stereocenters. The number of nitrogens with zero attached hydrogens (tertiary/aromatic N) is 3. The van der Waals surface area contributed by atoms with E-state index in [0.717, 1.165) is 29.1 Å². The highest BCUT2D eigenvalue weighted by molar-refractivity contribution is 5.79. The minimum Gasteiger partial charge on any atom is -0.383 e. The number of hydrogen-bond acceptors (Lipinski definition) is 3. The summed E-state index contributed by atoms with van der Waals surface area (Å²) in [4.78, 5) is 4.04. The molecule has 0 saturated carbocycles. The van der Waals surface area contributed by atoms with Gasteiger partial charge in [-0.25, -0.2) is 4.39 Å². The quantitative estimate of drug-likeness (QED) is 0.414. The van der Waals surface area contributed by atoms with Gasteiger partial charge in [-0.1, -0.05) is 6.07 Å². The number of aliphatic imine (C=N–C) groups is 1. The molecule has 0 aliphatic carbocycles. The Hall–Kier alpha value is -2.62. The van der Waals surface area contributed by atoms with Crippen molar-refractivity contribution in [3.8, 4) is 0 Å². The van der Waals surface area contributed by atoms with Crippen LogP contribution in [0.4, 0.5) is 17.6 Å². The highest BCUT2D eigenvalue weighted by Gasteiger charge is 2.33. The van der Waals surface area contributed by atoms with Crippen LogP contribution in [0.1, 0.15) is 28.1 Å². The van der Waals surface area contributed by atoms with Crippen molar-refractivity contribution in [2.45, 2.75) is 39.7 Å². The van der Waals surface area contributed by atoms with E-state index in [0.29, 0.717) is 31.7 Å². The summed E-state index contributed by atoms with van der Waals surface area (Å²) in [5.74, 6) is -0.606. The van der Waals surface area contributed by atoms with Gasteiger partial charge in [0, 0.05) is 38.5 Å². The lowest BCUT2D eigenvalue weighted by atomic mass is 10.1. The Labute approximate surface area is 167 Å². The van der Waals surface area contributed by atoms with Crippen LogP contribution >= 0.6 is 0 Å². The summed E-state index contributed by atoms with van der Waals surface area (Å²) in [6.07, 6.45) is -4.64. The molecule has 0 radical (unpaired) electrons. The maximum atomic E-state index is 13.2. The lowest BCUT2D eigenvalue weighted by Gasteiger charge is -2.16. The maximum absolute atomic E-state index is 13.2. The van der Waals surface area contributed by atoms with Gasteiger partial charge in [0.2, 0.25) is 0 Å². The molecule has 1 heterocycles.